The highest BCUT2D eigenvalue weighted by molar-refractivity contribution is 6.29. The molecule has 0 aromatic heterocycles. The average molecular weight is 793 g/mol. The van der Waals surface area contributed by atoms with E-state index in [0.29, 0.717) is 0 Å². The van der Waals surface area contributed by atoms with E-state index in [0.717, 1.165) is 19.3 Å². The van der Waals surface area contributed by atoms with Gasteiger partial charge in [0.25, 0.3) is 0 Å². The monoisotopic (exact) mass is 792 g/mol. The first kappa shape index (κ1) is 32.9. The minimum Gasteiger partial charge on any atom is -0.0616 e. The molecule has 0 aliphatic heterocycles. The molecule has 0 nitrogen and oxygen atoms in total. The van der Waals surface area contributed by atoms with Gasteiger partial charge in [0.1, 0.15) is 0 Å². The number of rotatable bonds is 0. The van der Waals surface area contributed by atoms with E-state index in [4.69, 9.17) is 0 Å². The molecule has 16 rings (SSSR count). The lowest BCUT2D eigenvalue weighted by Crippen LogP contribution is -1.97. The number of benzene rings is 13. The van der Waals surface area contributed by atoms with Gasteiger partial charge in [-0.1, -0.05) is 146 Å². The summed E-state index contributed by atoms with van der Waals surface area (Å²) in [7, 11) is 0. The van der Waals surface area contributed by atoms with Gasteiger partial charge in [0.15, 0.2) is 0 Å². The fourth-order valence-corrected chi connectivity index (χ4v) is 13.1. The van der Waals surface area contributed by atoms with E-state index in [9.17, 15) is 0 Å². The third kappa shape index (κ3) is 4.08. The van der Waals surface area contributed by atoms with E-state index in [2.05, 4.69) is 182 Å². The Morgan fingerprint density at radius 3 is 0.571 bits per heavy atom. The van der Waals surface area contributed by atoms with E-state index in [1.54, 1.807) is 0 Å². The molecule has 0 heterocycles. The van der Waals surface area contributed by atoms with Crippen LogP contribution in [0.5, 0.6) is 0 Å². The standard InChI is InChI=1S/C63H36/c1-7-19-43-37(13-1)40-16-4-10-22-46(40)55-31-49-34(25-52(43)55)28-58-61(49)59-29-35-26-53-44-20-8-2-15-39(44)42-18-6-12-24-48(42)57(53)33-51(35)63(59)60-30-36-27-54-45-21-9-3-14-38(45)41-17-5-11-23-47(41)56(54)32-50(36)62(58)60/h1-27,31-33H,28-30H2. The Morgan fingerprint density at radius 2 is 0.365 bits per heavy atom. The summed E-state index contributed by atoms with van der Waals surface area (Å²) in [6, 6.07) is 69.8. The van der Waals surface area contributed by atoms with Crippen LogP contribution in [0.2, 0.25) is 0 Å². The third-order valence-electron chi connectivity index (χ3n) is 15.6. The van der Waals surface area contributed by atoms with Gasteiger partial charge < -0.3 is 0 Å². The molecule has 0 heteroatoms. The third-order valence-corrected chi connectivity index (χ3v) is 15.6. The summed E-state index contributed by atoms with van der Waals surface area (Å²) in [6.45, 7) is 0. The molecule has 0 saturated carbocycles. The normalized spacial score (nSPS) is 13.5. The lowest BCUT2D eigenvalue weighted by Gasteiger charge is -2.18. The van der Waals surface area contributed by atoms with Gasteiger partial charge >= 0.3 is 0 Å². The van der Waals surface area contributed by atoms with Crippen LogP contribution >= 0.6 is 0 Å². The van der Waals surface area contributed by atoms with E-state index < -0.39 is 0 Å². The van der Waals surface area contributed by atoms with Gasteiger partial charge in [-0.15, -0.1) is 0 Å². The molecule has 13 aromatic carbocycles. The molecule has 0 saturated heterocycles. The molecular formula is C63H36. The van der Waals surface area contributed by atoms with Crippen LogP contribution in [0.3, 0.4) is 0 Å². The molecule has 3 aliphatic rings. The molecule has 63 heavy (non-hydrogen) atoms. The second-order valence-corrected chi connectivity index (χ2v) is 18.5. The molecule has 0 spiro atoms. The molecule has 0 amide bonds. The summed E-state index contributed by atoms with van der Waals surface area (Å²) in [6.07, 6.45) is 2.84. The van der Waals surface area contributed by atoms with Crippen LogP contribution in [0.1, 0.15) is 33.4 Å². The van der Waals surface area contributed by atoms with Gasteiger partial charge in [0.2, 0.25) is 0 Å². The minimum atomic E-state index is 0.945. The molecule has 288 valence electrons. The fraction of sp³-hybridized carbons (Fsp3) is 0.0476. The number of hydrogen-bond donors (Lipinski definition) is 0. The minimum absolute atomic E-state index is 0.945. The van der Waals surface area contributed by atoms with Crippen LogP contribution < -0.4 is 0 Å². The second-order valence-electron chi connectivity index (χ2n) is 18.5. The van der Waals surface area contributed by atoms with Gasteiger partial charge in [0.05, 0.1) is 0 Å². The number of hydrogen-bond acceptors (Lipinski definition) is 0. The molecule has 0 unspecified atom stereocenters. The smallest absolute Gasteiger partial charge is 0.000684 e. The molecule has 13 aromatic rings. The molecular weight excluding hydrogens is 757 g/mol. The van der Waals surface area contributed by atoms with E-state index in [1.165, 1.54) is 164 Å². The Bertz CT molecular complexity index is 3870. The van der Waals surface area contributed by atoms with Crippen molar-refractivity contribution in [2.75, 3.05) is 0 Å². The zero-order valence-corrected chi connectivity index (χ0v) is 34.4. The summed E-state index contributed by atoms with van der Waals surface area (Å²) >= 11 is 0. The van der Waals surface area contributed by atoms with Gasteiger partial charge in [-0.3, -0.25) is 0 Å². The Hall–Kier alpha value is -7.80. The van der Waals surface area contributed by atoms with Crippen molar-refractivity contribution in [3.8, 4) is 33.4 Å². The molecule has 0 atom stereocenters. The van der Waals surface area contributed by atoms with Gasteiger partial charge in [-0.25, -0.2) is 0 Å². The van der Waals surface area contributed by atoms with Crippen molar-refractivity contribution in [3.63, 3.8) is 0 Å². The van der Waals surface area contributed by atoms with Crippen molar-refractivity contribution in [2.24, 2.45) is 0 Å². The van der Waals surface area contributed by atoms with Crippen LogP contribution in [0, 0.1) is 0 Å². The topological polar surface area (TPSA) is 0 Å². The Labute approximate surface area is 363 Å². The number of fused-ring (bicyclic) bond motifs is 30. The molecule has 0 bridgehead atoms. The summed E-state index contributed by atoms with van der Waals surface area (Å²) in [5.41, 5.74) is 17.7. The first-order chi connectivity index (χ1) is 31.2. The molecule has 0 radical (unpaired) electrons. The molecule has 0 N–H and O–H groups in total. The predicted octanol–water partition coefficient (Wildman–Crippen LogP) is 16.8. The van der Waals surface area contributed by atoms with E-state index in [-0.39, 0.29) is 0 Å². The lowest BCUT2D eigenvalue weighted by atomic mass is 9.85. The van der Waals surface area contributed by atoms with Gasteiger partial charge in [-0.05, 0) is 219 Å². The van der Waals surface area contributed by atoms with Crippen molar-refractivity contribution in [3.05, 3.63) is 215 Å². The maximum atomic E-state index is 2.59. The van der Waals surface area contributed by atoms with Crippen molar-refractivity contribution < 1.29 is 0 Å². The molecule has 3 aliphatic carbocycles. The average Bonchev–Trinajstić information content (AvgIpc) is 4.03. The highest BCUT2D eigenvalue weighted by Gasteiger charge is 2.38. The van der Waals surface area contributed by atoms with Crippen LogP contribution in [-0.4, -0.2) is 0 Å². The zero-order chi connectivity index (χ0) is 40.7. The van der Waals surface area contributed by atoms with Gasteiger partial charge in [0, 0.05) is 0 Å². The van der Waals surface area contributed by atoms with Crippen molar-refractivity contribution in [1.29, 1.82) is 0 Å². The van der Waals surface area contributed by atoms with E-state index in [1.807, 2.05) is 0 Å². The first-order valence-electron chi connectivity index (χ1n) is 22.5. The Balaban J connectivity index is 1.05. The lowest BCUT2D eigenvalue weighted by molar-refractivity contribution is 1.21. The first-order valence-corrected chi connectivity index (χ1v) is 22.5. The largest absolute Gasteiger partial charge is 0.0616 e. The summed E-state index contributed by atoms with van der Waals surface area (Å²) in [5.74, 6) is 0. The summed E-state index contributed by atoms with van der Waals surface area (Å²) in [5, 5.41) is 24.2. The van der Waals surface area contributed by atoms with Crippen molar-refractivity contribution >= 4 is 97.0 Å². The van der Waals surface area contributed by atoms with Crippen LogP contribution in [0.4, 0.5) is 0 Å². The molecule has 0 fully saturated rings. The van der Waals surface area contributed by atoms with E-state index >= 15 is 0 Å². The van der Waals surface area contributed by atoms with Crippen molar-refractivity contribution in [2.45, 2.75) is 19.3 Å². The Morgan fingerprint density at radius 1 is 0.190 bits per heavy atom. The summed E-state index contributed by atoms with van der Waals surface area (Å²) in [4.78, 5) is 0. The highest BCUT2D eigenvalue weighted by atomic mass is 14.4. The van der Waals surface area contributed by atoms with Crippen LogP contribution in [0.15, 0.2) is 182 Å². The van der Waals surface area contributed by atoms with Crippen molar-refractivity contribution in [1.82, 2.24) is 0 Å². The van der Waals surface area contributed by atoms with Crippen LogP contribution in [-0.2, 0) is 19.3 Å². The second kappa shape index (κ2) is 11.6. The fourth-order valence-electron chi connectivity index (χ4n) is 13.1. The quantitative estimate of drug-likeness (QED) is 0.134. The summed E-state index contributed by atoms with van der Waals surface area (Å²) < 4.78 is 0. The van der Waals surface area contributed by atoms with Crippen LogP contribution in [0.25, 0.3) is 130 Å². The van der Waals surface area contributed by atoms with Gasteiger partial charge in [-0.2, -0.15) is 0 Å². The zero-order valence-electron chi connectivity index (χ0n) is 34.4. The predicted molar refractivity (Wildman–Crippen MR) is 269 cm³/mol. The Kier molecular flexibility index (Phi) is 6.04. The maximum Gasteiger partial charge on any atom is -0.000684 e. The highest BCUT2D eigenvalue weighted by Crippen LogP contribution is 2.59. The maximum absolute atomic E-state index is 2.59. The SMILES string of the molecule is c1ccc2c(c1)c1ccccc1c1cc3c(cc21)Cc1c-3c2c(c3c1-c1cc4c5ccccc5c5ccccc5c4cc1C3)-c1cc3c4ccccc4c4ccccc4c3cc1C2.